The number of ether oxygens (including phenoxy) is 1. The van der Waals surface area contributed by atoms with Crippen LogP contribution in [0, 0.1) is 13.8 Å². The average molecular weight is 364 g/mol. The number of nitrogens with zero attached hydrogens (tertiary/aromatic N) is 1. The van der Waals surface area contributed by atoms with E-state index >= 15 is 0 Å². The minimum absolute atomic E-state index is 0.0734. The molecule has 1 atom stereocenters. The minimum Gasteiger partial charge on any atom is -0.487 e. The zero-order chi connectivity index (χ0) is 19.1. The molecule has 2 aliphatic rings. The Morgan fingerprint density at radius 2 is 1.96 bits per heavy atom. The summed E-state index contributed by atoms with van der Waals surface area (Å²) in [6, 6.07) is 9.59. The second kappa shape index (κ2) is 6.72. The number of hydrogen-bond acceptors (Lipinski definition) is 3. The van der Waals surface area contributed by atoms with E-state index in [0.29, 0.717) is 24.1 Å². The van der Waals surface area contributed by atoms with Gasteiger partial charge in [0, 0.05) is 25.6 Å². The van der Waals surface area contributed by atoms with Crippen molar-refractivity contribution in [2.45, 2.75) is 32.8 Å². The lowest BCUT2D eigenvalue weighted by molar-refractivity contribution is 0.0792. The Bertz CT molecular complexity index is 918. The average Bonchev–Trinajstić information content (AvgIpc) is 3.10. The van der Waals surface area contributed by atoms with E-state index < -0.39 is 0 Å². The normalized spacial score (nSPS) is 18.0. The van der Waals surface area contributed by atoms with Gasteiger partial charge in [-0.2, -0.15) is 0 Å². The van der Waals surface area contributed by atoms with E-state index in [1.165, 1.54) is 0 Å². The minimum atomic E-state index is -0.0922. The highest BCUT2D eigenvalue weighted by molar-refractivity contribution is 5.98. The maximum Gasteiger partial charge on any atom is 0.257 e. The summed E-state index contributed by atoms with van der Waals surface area (Å²) < 4.78 is 6.18. The molecule has 5 nitrogen and oxygen atoms in total. The summed E-state index contributed by atoms with van der Waals surface area (Å²) in [6.45, 7) is 5.57. The lowest BCUT2D eigenvalue weighted by Gasteiger charge is -2.21. The third kappa shape index (κ3) is 3.07. The highest BCUT2D eigenvalue weighted by Gasteiger charge is 2.35. The van der Waals surface area contributed by atoms with Crippen molar-refractivity contribution < 1.29 is 14.3 Å². The summed E-state index contributed by atoms with van der Waals surface area (Å²) >= 11 is 0. The molecule has 0 aliphatic carbocycles. The standard InChI is InChI=1S/C22H24N2O3/c1-13-14(2)20-19(22(26)24-9-8-18(12-24)27-20)11-17(13)10-15-4-6-16(7-5-15)21(25)23-3/h4-7,11,18H,8-10,12H2,1-3H3,(H,23,25)/t18-/m1/s1. The van der Waals surface area contributed by atoms with Gasteiger partial charge in [-0.15, -0.1) is 0 Å². The van der Waals surface area contributed by atoms with Gasteiger partial charge in [-0.1, -0.05) is 12.1 Å². The highest BCUT2D eigenvalue weighted by atomic mass is 16.5. The van der Waals surface area contributed by atoms with Crippen molar-refractivity contribution in [2.75, 3.05) is 20.1 Å². The Hall–Kier alpha value is -2.82. The molecular weight excluding hydrogens is 340 g/mol. The van der Waals surface area contributed by atoms with E-state index in [2.05, 4.69) is 12.2 Å². The van der Waals surface area contributed by atoms with Gasteiger partial charge in [-0.05, 0) is 60.7 Å². The van der Waals surface area contributed by atoms with Gasteiger partial charge in [-0.25, -0.2) is 0 Å². The van der Waals surface area contributed by atoms with Crippen molar-refractivity contribution in [1.82, 2.24) is 10.2 Å². The van der Waals surface area contributed by atoms with Gasteiger partial charge in [0.05, 0.1) is 12.1 Å². The summed E-state index contributed by atoms with van der Waals surface area (Å²) in [5, 5.41) is 2.63. The van der Waals surface area contributed by atoms with Crippen LogP contribution in [0.25, 0.3) is 0 Å². The van der Waals surface area contributed by atoms with Gasteiger partial charge in [0.15, 0.2) is 0 Å². The number of fused-ring (bicyclic) bond motifs is 3. The van der Waals surface area contributed by atoms with Crippen LogP contribution in [0.5, 0.6) is 5.75 Å². The third-order valence-corrected chi connectivity index (χ3v) is 5.73. The monoisotopic (exact) mass is 364 g/mol. The zero-order valence-electron chi connectivity index (χ0n) is 16.0. The molecule has 140 valence electrons. The molecule has 1 fully saturated rings. The number of carbonyl (C=O) groups excluding carboxylic acids is 2. The summed E-state index contributed by atoms with van der Waals surface area (Å²) in [6.07, 6.45) is 1.73. The van der Waals surface area contributed by atoms with Crippen molar-refractivity contribution in [3.8, 4) is 5.75 Å². The predicted molar refractivity (Wildman–Crippen MR) is 103 cm³/mol. The fourth-order valence-corrected chi connectivity index (χ4v) is 3.94. The van der Waals surface area contributed by atoms with Crippen molar-refractivity contribution in [1.29, 1.82) is 0 Å². The van der Waals surface area contributed by atoms with E-state index in [1.54, 1.807) is 7.05 Å². The van der Waals surface area contributed by atoms with Gasteiger partial charge in [0.25, 0.3) is 11.8 Å². The van der Waals surface area contributed by atoms with Crippen molar-refractivity contribution in [3.05, 3.63) is 63.7 Å². The number of rotatable bonds is 3. The van der Waals surface area contributed by atoms with Gasteiger partial charge in [0.2, 0.25) is 0 Å². The molecular formula is C22H24N2O3. The van der Waals surface area contributed by atoms with Crippen molar-refractivity contribution in [2.24, 2.45) is 0 Å². The molecule has 2 amide bonds. The van der Waals surface area contributed by atoms with Gasteiger partial charge < -0.3 is 15.0 Å². The van der Waals surface area contributed by atoms with Crippen LogP contribution in [0.1, 0.15) is 49.4 Å². The molecule has 2 aliphatic heterocycles. The maximum absolute atomic E-state index is 12.9. The smallest absolute Gasteiger partial charge is 0.257 e. The van der Waals surface area contributed by atoms with Crippen LogP contribution in [0.2, 0.25) is 0 Å². The Kier molecular flexibility index (Phi) is 4.38. The maximum atomic E-state index is 12.9. The molecule has 0 radical (unpaired) electrons. The Morgan fingerprint density at radius 3 is 2.67 bits per heavy atom. The largest absolute Gasteiger partial charge is 0.487 e. The van der Waals surface area contributed by atoms with Crippen LogP contribution in [0.15, 0.2) is 30.3 Å². The van der Waals surface area contributed by atoms with Crippen LogP contribution >= 0.6 is 0 Å². The number of amides is 2. The Balaban J connectivity index is 1.68. The number of nitrogens with one attached hydrogen (secondary N) is 1. The summed E-state index contributed by atoms with van der Waals surface area (Å²) in [4.78, 5) is 26.5. The number of hydrogen-bond donors (Lipinski definition) is 1. The summed E-state index contributed by atoms with van der Waals surface area (Å²) in [5.41, 5.74) is 5.75. The number of benzene rings is 2. The molecule has 1 saturated heterocycles. The van der Waals surface area contributed by atoms with Crippen LogP contribution < -0.4 is 10.1 Å². The second-order valence-electron chi connectivity index (χ2n) is 7.39. The number of carbonyl (C=O) groups is 2. The van der Waals surface area contributed by atoms with Crippen molar-refractivity contribution >= 4 is 11.8 Å². The van der Waals surface area contributed by atoms with Crippen LogP contribution in [-0.4, -0.2) is 43.0 Å². The topological polar surface area (TPSA) is 58.6 Å². The zero-order valence-corrected chi connectivity index (χ0v) is 16.0. The first-order valence-corrected chi connectivity index (χ1v) is 9.38. The SMILES string of the molecule is CNC(=O)c1ccc(Cc2cc3c(c(C)c2C)O[C@@H]2CCN(C2)C3=O)cc1. The van der Waals surface area contributed by atoms with Crippen LogP contribution in [-0.2, 0) is 6.42 Å². The molecule has 27 heavy (non-hydrogen) atoms. The summed E-state index contributed by atoms with van der Waals surface area (Å²) in [5.74, 6) is 0.734. The molecule has 5 heteroatoms. The van der Waals surface area contributed by atoms with E-state index in [-0.39, 0.29) is 17.9 Å². The predicted octanol–water partition coefficient (Wildman–Crippen LogP) is 2.86. The first-order valence-electron chi connectivity index (χ1n) is 9.38. The molecule has 0 spiro atoms. The van der Waals surface area contributed by atoms with E-state index in [1.807, 2.05) is 42.2 Å². The molecule has 1 N–H and O–H groups in total. The van der Waals surface area contributed by atoms with E-state index in [9.17, 15) is 9.59 Å². The first kappa shape index (κ1) is 17.6. The lowest BCUT2D eigenvalue weighted by Crippen LogP contribution is -2.28. The van der Waals surface area contributed by atoms with E-state index in [4.69, 9.17) is 4.74 Å². The Labute approximate surface area is 159 Å². The van der Waals surface area contributed by atoms with E-state index in [0.717, 1.165) is 41.0 Å². The molecule has 0 saturated carbocycles. The third-order valence-electron chi connectivity index (χ3n) is 5.73. The molecule has 2 aromatic carbocycles. The molecule has 2 aromatic rings. The fourth-order valence-electron chi connectivity index (χ4n) is 3.94. The van der Waals surface area contributed by atoms with Crippen molar-refractivity contribution in [3.63, 3.8) is 0 Å². The van der Waals surface area contributed by atoms with Gasteiger partial charge >= 0.3 is 0 Å². The summed E-state index contributed by atoms with van der Waals surface area (Å²) in [7, 11) is 1.62. The molecule has 4 rings (SSSR count). The van der Waals surface area contributed by atoms with Crippen LogP contribution in [0.4, 0.5) is 0 Å². The second-order valence-corrected chi connectivity index (χ2v) is 7.39. The molecule has 0 aromatic heterocycles. The highest BCUT2D eigenvalue weighted by Crippen LogP contribution is 2.36. The van der Waals surface area contributed by atoms with Gasteiger partial charge in [0.1, 0.15) is 11.9 Å². The Morgan fingerprint density at radius 1 is 1.22 bits per heavy atom. The lowest BCUT2D eigenvalue weighted by atomic mass is 9.93. The molecule has 2 heterocycles. The molecule has 0 unspecified atom stereocenters. The van der Waals surface area contributed by atoms with Gasteiger partial charge in [-0.3, -0.25) is 9.59 Å². The fraction of sp³-hybridized carbons (Fsp3) is 0.364. The van der Waals surface area contributed by atoms with Crippen LogP contribution in [0.3, 0.4) is 0 Å². The first-order chi connectivity index (χ1) is 13.0. The quantitative estimate of drug-likeness (QED) is 0.911. The molecule has 2 bridgehead atoms.